The second kappa shape index (κ2) is 14.0. The summed E-state index contributed by atoms with van der Waals surface area (Å²) in [7, 11) is -3.48. The standard InChI is InChI=1S/C33H32ClF3N8O5S/c1-3-26-29(43-15-13-42(14-16-43)18-25-27(46)5-4-12-38-25)31(48)45-32(40-30(41-45)20-6-9-22(10-7-20)51(2,49)50)44(26)19-28(47)39-24-11-8-21(17-23(24)34)33(35,36)37/h4-12,17,46H,3,13-16,18-19H2,1-2H3,(H,39,47). The molecular formula is C33H32ClF3N8O5S. The molecule has 13 nitrogen and oxygen atoms in total. The number of amides is 1. The summed E-state index contributed by atoms with van der Waals surface area (Å²) in [6.07, 6.45) is -1.65. The fraction of sp³-hybridized carbons (Fsp3) is 0.303. The minimum absolute atomic E-state index is 0.0284. The summed E-state index contributed by atoms with van der Waals surface area (Å²) in [5.74, 6) is -0.428. The quantitative estimate of drug-likeness (QED) is 0.224. The molecule has 6 rings (SSSR count). The van der Waals surface area contributed by atoms with Crippen molar-refractivity contribution < 1.29 is 31.5 Å². The molecule has 1 amide bonds. The maximum atomic E-state index is 14.2. The fourth-order valence-corrected chi connectivity index (χ4v) is 6.78. The highest BCUT2D eigenvalue weighted by molar-refractivity contribution is 7.90. The molecule has 0 unspecified atom stereocenters. The maximum Gasteiger partial charge on any atom is 0.416 e. The van der Waals surface area contributed by atoms with E-state index in [9.17, 15) is 36.3 Å². The lowest BCUT2D eigenvalue weighted by Crippen LogP contribution is -2.48. The van der Waals surface area contributed by atoms with E-state index in [2.05, 4.69) is 25.3 Å². The molecule has 0 aliphatic carbocycles. The first-order valence-electron chi connectivity index (χ1n) is 15.7. The topological polar surface area (TPSA) is 155 Å². The second-order valence-corrected chi connectivity index (χ2v) is 14.4. The third-order valence-corrected chi connectivity index (χ3v) is 9.94. The van der Waals surface area contributed by atoms with Crippen molar-refractivity contribution >= 4 is 44.5 Å². The van der Waals surface area contributed by atoms with Gasteiger partial charge in [-0.2, -0.15) is 22.7 Å². The lowest BCUT2D eigenvalue weighted by Gasteiger charge is -2.36. The zero-order chi connectivity index (χ0) is 36.7. The Morgan fingerprint density at radius 2 is 1.76 bits per heavy atom. The molecule has 5 aromatic rings. The van der Waals surface area contributed by atoms with Gasteiger partial charge in [-0.1, -0.05) is 18.5 Å². The van der Waals surface area contributed by atoms with Gasteiger partial charge in [-0.3, -0.25) is 19.5 Å². The van der Waals surface area contributed by atoms with Crippen molar-refractivity contribution in [1.82, 2.24) is 29.0 Å². The molecule has 268 valence electrons. The smallest absolute Gasteiger partial charge is 0.416 e. The lowest BCUT2D eigenvalue weighted by molar-refractivity contribution is -0.137. The molecule has 0 radical (unpaired) electrons. The van der Waals surface area contributed by atoms with Crippen molar-refractivity contribution in [3.8, 4) is 17.1 Å². The van der Waals surface area contributed by atoms with Gasteiger partial charge in [0.2, 0.25) is 11.7 Å². The van der Waals surface area contributed by atoms with Gasteiger partial charge >= 0.3 is 6.18 Å². The van der Waals surface area contributed by atoms with Gasteiger partial charge in [0, 0.05) is 50.7 Å². The van der Waals surface area contributed by atoms with Crippen LogP contribution >= 0.6 is 11.6 Å². The summed E-state index contributed by atoms with van der Waals surface area (Å²) in [5, 5.41) is 16.9. The molecule has 18 heteroatoms. The SMILES string of the molecule is CCc1c(N2CCN(Cc3ncccc3O)CC2)c(=O)n2nc(-c3ccc(S(C)(=O)=O)cc3)nc2n1CC(=O)Nc1ccc(C(F)(F)F)cc1Cl. The first-order chi connectivity index (χ1) is 24.1. The van der Waals surface area contributed by atoms with Crippen molar-refractivity contribution in [2.75, 3.05) is 42.7 Å². The number of halogens is 4. The number of sulfone groups is 1. The minimum Gasteiger partial charge on any atom is -0.506 e. The number of carbonyl (C=O) groups is 1. The Bertz CT molecular complexity index is 2290. The van der Waals surface area contributed by atoms with Gasteiger partial charge in [0.1, 0.15) is 18.0 Å². The van der Waals surface area contributed by atoms with Gasteiger partial charge in [0.25, 0.3) is 5.56 Å². The van der Waals surface area contributed by atoms with Crippen LogP contribution in [-0.4, -0.2) is 80.9 Å². The number of pyridine rings is 1. The predicted molar refractivity (Wildman–Crippen MR) is 184 cm³/mol. The van der Waals surface area contributed by atoms with Gasteiger partial charge in [-0.25, -0.2) is 8.42 Å². The van der Waals surface area contributed by atoms with Gasteiger partial charge in [-0.15, -0.1) is 5.10 Å². The normalized spacial score (nSPS) is 14.3. The van der Waals surface area contributed by atoms with Crippen LogP contribution in [0.3, 0.4) is 0 Å². The van der Waals surface area contributed by atoms with Crippen LogP contribution < -0.4 is 15.8 Å². The highest BCUT2D eigenvalue weighted by atomic mass is 35.5. The van der Waals surface area contributed by atoms with E-state index in [1.165, 1.54) is 28.8 Å². The summed E-state index contributed by atoms with van der Waals surface area (Å²) in [6.45, 7) is 3.71. The minimum atomic E-state index is -4.62. The van der Waals surface area contributed by atoms with Gasteiger partial charge in [0.15, 0.2) is 15.7 Å². The Balaban J connectivity index is 1.38. The molecule has 0 atom stereocenters. The number of aromatic hydroxyl groups is 1. The number of hydrogen-bond donors (Lipinski definition) is 2. The van der Waals surface area contributed by atoms with E-state index in [0.717, 1.165) is 29.0 Å². The van der Waals surface area contributed by atoms with Crippen molar-refractivity contribution in [3.05, 3.63) is 93.1 Å². The molecule has 0 saturated carbocycles. The Kier molecular flexibility index (Phi) is 9.80. The zero-order valence-corrected chi connectivity index (χ0v) is 28.9. The number of rotatable bonds is 9. The van der Waals surface area contributed by atoms with Gasteiger partial charge in [-0.05, 0) is 61.0 Å². The molecule has 51 heavy (non-hydrogen) atoms. The van der Waals surface area contributed by atoms with E-state index in [-0.39, 0.29) is 33.0 Å². The number of nitrogens with zero attached hydrogens (tertiary/aromatic N) is 7. The number of aromatic nitrogens is 5. The third kappa shape index (κ3) is 7.55. The zero-order valence-electron chi connectivity index (χ0n) is 27.4. The van der Waals surface area contributed by atoms with Crippen molar-refractivity contribution in [3.63, 3.8) is 0 Å². The van der Waals surface area contributed by atoms with E-state index in [0.29, 0.717) is 61.8 Å². The molecule has 1 saturated heterocycles. The third-order valence-electron chi connectivity index (χ3n) is 8.50. The first-order valence-corrected chi connectivity index (χ1v) is 18.0. The van der Waals surface area contributed by atoms with E-state index in [1.54, 1.807) is 18.3 Å². The number of benzene rings is 2. The summed E-state index contributed by atoms with van der Waals surface area (Å²) in [4.78, 5) is 40.6. The molecular weight excluding hydrogens is 713 g/mol. The molecule has 2 aromatic carbocycles. The molecule has 0 bridgehead atoms. The summed E-state index contributed by atoms with van der Waals surface area (Å²) in [5.41, 5.74) is 0.243. The number of fused-ring (bicyclic) bond motifs is 1. The van der Waals surface area contributed by atoms with E-state index < -0.39 is 39.6 Å². The first kappa shape index (κ1) is 35.8. The van der Waals surface area contributed by atoms with E-state index in [1.807, 2.05) is 11.8 Å². The summed E-state index contributed by atoms with van der Waals surface area (Å²) >= 11 is 6.11. The number of piperazine rings is 1. The van der Waals surface area contributed by atoms with Crippen molar-refractivity contribution in [2.24, 2.45) is 0 Å². The number of carbonyl (C=O) groups excluding carboxylic acids is 1. The molecule has 3 aromatic heterocycles. The summed E-state index contributed by atoms with van der Waals surface area (Å²) in [6, 6.07) is 11.6. The molecule has 1 aliphatic rings. The Labute approximate surface area is 294 Å². The number of nitrogens with one attached hydrogen (secondary N) is 1. The largest absolute Gasteiger partial charge is 0.506 e. The molecule has 1 fully saturated rings. The Morgan fingerprint density at radius 1 is 1.06 bits per heavy atom. The number of hydrogen-bond acceptors (Lipinski definition) is 10. The second-order valence-electron chi connectivity index (χ2n) is 12.0. The molecule has 0 spiro atoms. The van der Waals surface area contributed by atoms with Crippen LogP contribution in [0.5, 0.6) is 5.75 Å². The van der Waals surface area contributed by atoms with Crippen LogP contribution in [0.15, 0.2) is 70.5 Å². The van der Waals surface area contributed by atoms with E-state index in [4.69, 9.17) is 11.6 Å². The molecule has 1 aliphatic heterocycles. The lowest BCUT2D eigenvalue weighted by atomic mass is 10.2. The highest BCUT2D eigenvalue weighted by Gasteiger charge is 2.31. The van der Waals surface area contributed by atoms with Crippen LogP contribution in [0.4, 0.5) is 24.5 Å². The van der Waals surface area contributed by atoms with Crippen molar-refractivity contribution in [2.45, 2.75) is 37.5 Å². The van der Waals surface area contributed by atoms with Gasteiger partial charge < -0.3 is 19.9 Å². The Hall–Kier alpha value is -5.00. The predicted octanol–water partition coefficient (Wildman–Crippen LogP) is 4.26. The highest BCUT2D eigenvalue weighted by Crippen LogP contribution is 2.34. The van der Waals surface area contributed by atoms with E-state index >= 15 is 0 Å². The van der Waals surface area contributed by atoms with Crippen LogP contribution in [-0.2, 0) is 40.3 Å². The Morgan fingerprint density at radius 3 is 2.37 bits per heavy atom. The number of alkyl halides is 3. The fourth-order valence-electron chi connectivity index (χ4n) is 5.92. The van der Waals surface area contributed by atoms with Crippen LogP contribution in [0.25, 0.3) is 17.2 Å². The van der Waals surface area contributed by atoms with Crippen LogP contribution in [0.1, 0.15) is 23.9 Å². The average Bonchev–Trinajstić information content (AvgIpc) is 3.54. The number of anilines is 2. The molecule has 4 heterocycles. The van der Waals surface area contributed by atoms with Crippen LogP contribution in [0, 0.1) is 0 Å². The average molecular weight is 745 g/mol. The summed E-state index contributed by atoms with van der Waals surface area (Å²) < 4.78 is 66.2. The van der Waals surface area contributed by atoms with Crippen molar-refractivity contribution in [1.29, 1.82) is 0 Å². The van der Waals surface area contributed by atoms with Gasteiger partial charge in [0.05, 0.1) is 32.6 Å². The molecule has 2 N–H and O–H groups in total. The monoisotopic (exact) mass is 744 g/mol. The van der Waals surface area contributed by atoms with Crippen LogP contribution in [0.2, 0.25) is 5.02 Å². The maximum absolute atomic E-state index is 14.2.